The Kier molecular flexibility index (Phi) is 3.08. The molecule has 0 aromatic heterocycles. The van der Waals surface area contributed by atoms with Crippen LogP contribution in [0.3, 0.4) is 0 Å². The van der Waals surface area contributed by atoms with Crippen LogP contribution in [0.5, 0.6) is 0 Å². The molecule has 0 radical (unpaired) electrons. The van der Waals surface area contributed by atoms with E-state index in [0.717, 1.165) is 0 Å². The van der Waals surface area contributed by atoms with Crippen LogP contribution in [-0.4, -0.2) is 0 Å². The third-order valence-corrected chi connectivity index (χ3v) is 2.33. The van der Waals surface area contributed by atoms with Crippen LogP contribution < -0.4 is 0 Å². The molecule has 1 rings (SSSR count). The first kappa shape index (κ1) is 9.80. The Morgan fingerprint density at radius 1 is 1.23 bits per heavy atom. The first-order chi connectivity index (χ1) is 6.16. The monoisotopic (exact) mass is 173 g/mol. The zero-order valence-electron chi connectivity index (χ0n) is 8.41. The highest BCUT2D eigenvalue weighted by molar-refractivity contribution is 5.33. The Balaban J connectivity index is 3.07. The van der Waals surface area contributed by atoms with Gasteiger partial charge in [-0.1, -0.05) is 38.1 Å². The molecule has 0 saturated heterocycles. The lowest BCUT2D eigenvalue weighted by atomic mass is 9.87. The van der Waals surface area contributed by atoms with Crippen molar-refractivity contribution in [2.75, 3.05) is 0 Å². The second kappa shape index (κ2) is 4.09. The Morgan fingerprint density at radius 2 is 1.85 bits per heavy atom. The van der Waals surface area contributed by atoms with Crippen molar-refractivity contribution in [2.45, 2.75) is 26.7 Å². The summed E-state index contributed by atoms with van der Waals surface area (Å²) in [6.45, 7) is 6.22. The predicted octanol–water partition coefficient (Wildman–Crippen LogP) is 3.26. The van der Waals surface area contributed by atoms with Gasteiger partial charge in [-0.15, -0.1) is 0 Å². The summed E-state index contributed by atoms with van der Waals surface area (Å²) in [7, 11) is 0. The van der Waals surface area contributed by atoms with E-state index in [-0.39, 0.29) is 5.92 Å². The van der Waals surface area contributed by atoms with Crippen molar-refractivity contribution in [2.24, 2.45) is 5.92 Å². The van der Waals surface area contributed by atoms with Gasteiger partial charge in [-0.2, -0.15) is 5.26 Å². The third-order valence-electron chi connectivity index (χ3n) is 2.33. The fraction of sp³-hybridized carbons (Fsp3) is 0.417. The Morgan fingerprint density at radius 3 is 2.31 bits per heavy atom. The van der Waals surface area contributed by atoms with Gasteiger partial charge in [0.05, 0.1) is 12.0 Å². The molecule has 1 aromatic rings. The van der Waals surface area contributed by atoms with Crippen LogP contribution in [0.1, 0.15) is 30.9 Å². The van der Waals surface area contributed by atoms with Crippen LogP contribution in [0, 0.1) is 24.2 Å². The van der Waals surface area contributed by atoms with Gasteiger partial charge in [-0.05, 0) is 24.0 Å². The standard InChI is InChI=1S/C12H15N/c1-9(2)12(8-13)11-7-5-4-6-10(11)3/h4-7,9,12H,1-3H3/t12-/m1/s1. The summed E-state index contributed by atoms with van der Waals surface area (Å²) < 4.78 is 0. The molecule has 0 N–H and O–H groups in total. The lowest BCUT2D eigenvalue weighted by Gasteiger charge is -2.15. The summed E-state index contributed by atoms with van der Waals surface area (Å²) in [6, 6.07) is 10.5. The number of nitriles is 1. The van der Waals surface area contributed by atoms with Gasteiger partial charge in [-0.3, -0.25) is 0 Å². The Hall–Kier alpha value is -1.29. The van der Waals surface area contributed by atoms with Crippen LogP contribution in [0.2, 0.25) is 0 Å². The SMILES string of the molecule is Cc1ccccc1[C@H](C#N)C(C)C. The summed E-state index contributed by atoms with van der Waals surface area (Å²) in [4.78, 5) is 0. The zero-order chi connectivity index (χ0) is 9.84. The van der Waals surface area contributed by atoms with Crippen LogP contribution in [-0.2, 0) is 0 Å². The molecule has 0 unspecified atom stereocenters. The lowest BCUT2D eigenvalue weighted by molar-refractivity contribution is 0.585. The average molecular weight is 173 g/mol. The minimum absolute atomic E-state index is 0.0289. The van der Waals surface area contributed by atoms with Gasteiger partial charge in [0, 0.05) is 0 Å². The van der Waals surface area contributed by atoms with Crippen molar-refractivity contribution in [1.29, 1.82) is 5.26 Å². The average Bonchev–Trinajstić information content (AvgIpc) is 2.09. The van der Waals surface area contributed by atoms with Gasteiger partial charge < -0.3 is 0 Å². The number of hydrogen-bond donors (Lipinski definition) is 0. The van der Waals surface area contributed by atoms with E-state index in [1.807, 2.05) is 18.2 Å². The predicted molar refractivity (Wildman–Crippen MR) is 54.4 cm³/mol. The maximum Gasteiger partial charge on any atom is 0.0738 e. The summed E-state index contributed by atoms with van der Waals surface area (Å²) in [5.41, 5.74) is 2.38. The van der Waals surface area contributed by atoms with Crippen LogP contribution >= 0.6 is 0 Å². The Labute approximate surface area is 80.0 Å². The van der Waals surface area contributed by atoms with Gasteiger partial charge >= 0.3 is 0 Å². The molecule has 1 nitrogen and oxygen atoms in total. The summed E-state index contributed by atoms with van der Waals surface area (Å²) >= 11 is 0. The molecule has 1 heteroatoms. The molecular weight excluding hydrogens is 158 g/mol. The van der Waals surface area contributed by atoms with Gasteiger partial charge in [0.15, 0.2) is 0 Å². The Bertz CT molecular complexity index is 320. The number of nitrogens with zero attached hydrogens (tertiary/aromatic N) is 1. The molecule has 0 bridgehead atoms. The van der Waals surface area contributed by atoms with E-state index < -0.39 is 0 Å². The van der Waals surface area contributed by atoms with Crippen molar-refractivity contribution in [3.8, 4) is 6.07 Å². The highest BCUT2D eigenvalue weighted by Crippen LogP contribution is 2.25. The van der Waals surface area contributed by atoms with E-state index in [1.165, 1.54) is 11.1 Å². The van der Waals surface area contributed by atoms with Crippen LogP contribution in [0.4, 0.5) is 0 Å². The molecular formula is C12H15N. The minimum atomic E-state index is 0.0289. The highest BCUT2D eigenvalue weighted by Gasteiger charge is 2.15. The van der Waals surface area contributed by atoms with E-state index in [0.29, 0.717) is 5.92 Å². The minimum Gasteiger partial charge on any atom is -0.198 e. The van der Waals surface area contributed by atoms with Gasteiger partial charge in [0.25, 0.3) is 0 Å². The number of hydrogen-bond acceptors (Lipinski definition) is 1. The zero-order valence-corrected chi connectivity index (χ0v) is 8.41. The summed E-state index contributed by atoms with van der Waals surface area (Å²) in [6.07, 6.45) is 0. The quantitative estimate of drug-likeness (QED) is 0.673. The number of rotatable bonds is 2. The topological polar surface area (TPSA) is 23.8 Å². The molecule has 0 spiro atoms. The number of aryl methyl sites for hydroxylation is 1. The number of benzene rings is 1. The largest absolute Gasteiger partial charge is 0.198 e. The van der Waals surface area contributed by atoms with E-state index in [9.17, 15) is 0 Å². The van der Waals surface area contributed by atoms with E-state index in [2.05, 4.69) is 32.9 Å². The molecule has 13 heavy (non-hydrogen) atoms. The van der Waals surface area contributed by atoms with Crippen molar-refractivity contribution < 1.29 is 0 Å². The van der Waals surface area contributed by atoms with Crippen LogP contribution in [0.15, 0.2) is 24.3 Å². The molecule has 0 aliphatic heterocycles. The molecule has 0 aliphatic carbocycles. The highest BCUT2D eigenvalue weighted by atomic mass is 14.3. The second-order valence-corrected chi connectivity index (χ2v) is 3.71. The maximum absolute atomic E-state index is 9.02. The molecule has 0 aliphatic rings. The fourth-order valence-corrected chi connectivity index (χ4v) is 1.51. The smallest absolute Gasteiger partial charge is 0.0738 e. The summed E-state index contributed by atoms with van der Waals surface area (Å²) in [5.74, 6) is 0.410. The molecule has 0 fully saturated rings. The normalized spacial score (nSPS) is 12.5. The van der Waals surface area contributed by atoms with Crippen molar-refractivity contribution in [3.63, 3.8) is 0 Å². The van der Waals surface area contributed by atoms with Crippen molar-refractivity contribution in [3.05, 3.63) is 35.4 Å². The molecule has 1 aromatic carbocycles. The van der Waals surface area contributed by atoms with E-state index >= 15 is 0 Å². The summed E-state index contributed by atoms with van der Waals surface area (Å²) in [5, 5.41) is 9.02. The van der Waals surface area contributed by atoms with E-state index in [1.54, 1.807) is 0 Å². The van der Waals surface area contributed by atoms with Gasteiger partial charge in [0.2, 0.25) is 0 Å². The molecule has 1 atom stereocenters. The van der Waals surface area contributed by atoms with Crippen molar-refractivity contribution >= 4 is 0 Å². The molecule has 68 valence electrons. The third kappa shape index (κ3) is 2.09. The van der Waals surface area contributed by atoms with Gasteiger partial charge in [0.1, 0.15) is 0 Å². The fourth-order valence-electron chi connectivity index (χ4n) is 1.51. The maximum atomic E-state index is 9.02. The van der Waals surface area contributed by atoms with Gasteiger partial charge in [-0.25, -0.2) is 0 Å². The molecule has 0 saturated carbocycles. The first-order valence-corrected chi connectivity index (χ1v) is 4.62. The molecule has 0 amide bonds. The van der Waals surface area contributed by atoms with E-state index in [4.69, 9.17) is 5.26 Å². The van der Waals surface area contributed by atoms with Crippen molar-refractivity contribution in [1.82, 2.24) is 0 Å². The first-order valence-electron chi connectivity index (χ1n) is 4.62. The van der Waals surface area contributed by atoms with Crippen LogP contribution in [0.25, 0.3) is 0 Å². The lowest BCUT2D eigenvalue weighted by Crippen LogP contribution is -2.05. The molecule has 0 heterocycles. The second-order valence-electron chi connectivity index (χ2n) is 3.71.